The molecule has 104 valence electrons. The van der Waals surface area contributed by atoms with Crippen molar-refractivity contribution >= 4 is 5.96 Å². The first-order valence-electron chi connectivity index (χ1n) is 6.91. The molecule has 1 aromatic carbocycles. The fourth-order valence-electron chi connectivity index (χ4n) is 1.95. The first-order chi connectivity index (χ1) is 9.22. The second kappa shape index (κ2) is 6.45. The van der Waals surface area contributed by atoms with Gasteiger partial charge in [0.1, 0.15) is 5.75 Å². The Morgan fingerprint density at radius 2 is 2.21 bits per heavy atom. The molecule has 2 N–H and O–H groups in total. The third-order valence-electron chi connectivity index (χ3n) is 3.14. The summed E-state index contributed by atoms with van der Waals surface area (Å²) in [5, 5.41) is 6.69. The molecule has 1 fully saturated rings. The Morgan fingerprint density at radius 1 is 1.42 bits per heavy atom. The van der Waals surface area contributed by atoms with Crippen LogP contribution in [0.3, 0.4) is 0 Å². The van der Waals surface area contributed by atoms with Crippen molar-refractivity contribution in [1.82, 2.24) is 10.6 Å². The number of guanidine groups is 1. The molecule has 0 heterocycles. The van der Waals surface area contributed by atoms with E-state index in [1.165, 1.54) is 18.4 Å². The first-order valence-corrected chi connectivity index (χ1v) is 6.91. The van der Waals surface area contributed by atoms with Crippen molar-refractivity contribution in [3.05, 3.63) is 29.3 Å². The van der Waals surface area contributed by atoms with Crippen molar-refractivity contribution in [2.24, 2.45) is 4.99 Å². The Morgan fingerprint density at radius 3 is 2.79 bits per heavy atom. The van der Waals surface area contributed by atoms with Gasteiger partial charge in [-0.3, -0.25) is 0 Å². The molecule has 0 aliphatic heterocycles. The number of hydrogen-bond donors (Lipinski definition) is 2. The van der Waals surface area contributed by atoms with Gasteiger partial charge >= 0.3 is 0 Å². The summed E-state index contributed by atoms with van der Waals surface area (Å²) < 4.78 is 5.26. The minimum atomic E-state index is 0.621. The van der Waals surface area contributed by atoms with Gasteiger partial charge < -0.3 is 15.4 Å². The maximum absolute atomic E-state index is 5.26. The molecule has 19 heavy (non-hydrogen) atoms. The van der Waals surface area contributed by atoms with E-state index in [-0.39, 0.29) is 0 Å². The van der Waals surface area contributed by atoms with Gasteiger partial charge in [0.2, 0.25) is 0 Å². The highest BCUT2D eigenvalue weighted by atomic mass is 16.5. The van der Waals surface area contributed by atoms with E-state index in [0.29, 0.717) is 12.6 Å². The molecule has 1 aliphatic carbocycles. The molecule has 0 bridgehead atoms. The fraction of sp³-hybridized carbons (Fsp3) is 0.533. The Balaban J connectivity index is 1.99. The largest absolute Gasteiger partial charge is 0.496 e. The van der Waals surface area contributed by atoms with E-state index in [9.17, 15) is 0 Å². The van der Waals surface area contributed by atoms with E-state index in [0.717, 1.165) is 23.8 Å². The van der Waals surface area contributed by atoms with E-state index >= 15 is 0 Å². The molecule has 1 saturated carbocycles. The number of rotatable bonds is 5. The number of nitrogens with one attached hydrogen (secondary N) is 2. The summed E-state index contributed by atoms with van der Waals surface area (Å²) in [5.74, 6) is 1.84. The average Bonchev–Trinajstić information content (AvgIpc) is 3.20. The minimum Gasteiger partial charge on any atom is -0.496 e. The van der Waals surface area contributed by atoms with Crippen LogP contribution in [0.25, 0.3) is 0 Å². The maximum atomic E-state index is 5.26. The normalized spacial score (nSPS) is 15.2. The van der Waals surface area contributed by atoms with Crippen molar-refractivity contribution < 1.29 is 4.74 Å². The van der Waals surface area contributed by atoms with Crippen molar-refractivity contribution in [2.75, 3.05) is 13.7 Å². The zero-order valence-corrected chi connectivity index (χ0v) is 12.0. The summed E-state index contributed by atoms with van der Waals surface area (Å²) in [7, 11) is 1.70. The molecule has 0 atom stereocenters. The van der Waals surface area contributed by atoms with E-state index in [2.05, 4.69) is 41.6 Å². The maximum Gasteiger partial charge on any atom is 0.191 e. The summed E-state index contributed by atoms with van der Waals surface area (Å²) in [4.78, 5) is 4.61. The quantitative estimate of drug-likeness (QED) is 0.631. The van der Waals surface area contributed by atoms with Crippen LogP contribution < -0.4 is 15.4 Å². The Bertz CT molecular complexity index is 453. The van der Waals surface area contributed by atoms with Gasteiger partial charge in [-0.1, -0.05) is 12.1 Å². The minimum absolute atomic E-state index is 0.621. The topological polar surface area (TPSA) is 45.7 Å². The lowest BCUT2D eigenvalue weighted by atomic mass is 10.1. The van der Waals surface area contributed by atoms with Crippen LogP contribution >= 0.6 is 0 Å². The van der Waals surface area contributed by atoms with Crippen molar-refractivity contribution in [2.45, 2.75) is 39.3 Å². The summed E-state index contributed by atoms with van der Waals surface area (Å²) in [5.41, 5.74) is 2.35. The van der Waals surface area contributed by atoms with Crippen LogP contribution in [0.2, 0.25) is 0 Å². The van der Waals surface area contributed by atoms with Crippen LogP contribution in [0.5, 0.6) is 5.75 Å². The Hall–Kier alpha value is -1.71. The summed E-state index contributed by atoms with van der Waals surface area (Å²) in [6.07, 6.45) is 2.51. The van der Waals surface area contributed by atoms with E-state index in [4.69, 9.17) is 4.74 Å². The van der Waals surface area contributed by atoms with Crippen LogP contribution in [-0.4, -0.2) is 25.7 Å². The predicted molar refractivity (Wildman–Crippen MR) is 78.7 cm³/mol. The van der Waals surface area contributed by atoms with Crippen LogP contribution in [0.1, 0.15) is 30.9 Å². The molecule has 1 aromatic rings. The van der Waals surface area contributed by atoms with Gasteiger partial charge in [-0.05, 0) is 43.9 Å². The van der Waals surface area contributed by atoms with Crippen molar-refractivity contribution in [3.8, 4) is 5.75 Å². The number of aryl methyl sites for hydroxylation is 1. The zero-order chi connectivity index (χ0) is 13.7. The number of nitrogens with zero attached hydrogens (tertiary/aromatic N) is 1. The van der Waals surface area contributed by atoms with Crippen LogP contribution in [0, 0.1) is 6.92 Å². The highest BCUT2D eigenvalue weighted by molar-refractivity contribution is 5.80. The van der Waals surface area contributed by atoms with Gasteiger partial charge in [-0.2, -0.15) is 0 Å². The lowest BCUT2D eigenvalue weighted by molar-refractivity contribution is 0.411. The summed E-state index contributed by atoms with van der Waals surface area (Å²) >= 11 is 0. The monoisotopic (exact) mass is 261 g/mol. The molecular weight excluding hydrogens is 238 g/mol. The summed E-state index contributed by atoms with van der Waals surface area (Å²) in [6.45, 7) is 5.72. The number of benzene rings is 1. The predicted octanol–water partition coefficient (Wildman–Crippen LogP) is 2.22. The van der Waals surface area contributed by atoms with Gasteiger partial charge in [-0.15, -0.1) is 0 Å². The zero-order valence-electron chi connectivity index (χ0n) is 12.0. The number of hydrogen-bond acceptors (Lipinski definition) is 2. The highest BCUT2D eigenvalue weighted by Gasteiger charge is 2.21. The van der Waals surface area contributed by atoms with Gasteiger partial charge in [0.25, 0.3) is 0 Å². The standard InChI is InChI=1S/C15H23N3O/c1-4-16-15(18-13-6-7-13)17-10-12-5-8-14(19-3)11(2)9-12/h5,8-9,13H,4,6-7,10H2,1-3H3,(H2,16,17,18). The molecular formula is C15H23N3O. The van der Waals surface area contributed by atoms with Gasteiger partial charge in [0, 0.05) is 12.6 Å². The average molecular weight is 261 g/mol. The number of ether oxygens (including phenoxy) is 1. The molecule has 0 amide bonds. The SMILES string of the molecule is CCNC(=NCc1ccc(OC)c(C)c1)NC1CC1. The number of methoxy groups -OCH3 is 1. The molecule has 0 unspecified atom stereocenters. The molecule has 4 heteroatoms. The highest BCUT2D eigenvalue weighted by Crippen LogP contribution is 2.20. The van der Waals surface area contributed by atoms with E-state index < -0.39 is 0 Å². The third-order valence-corrected chi connectivity index (χ3v) is 3.14. The number of aliphatic imine (C=N–C) groups is 1. The van der Waals surface area contributed by atoms with Crippen LogP contribution in [-0.2, 0) is 6.54 Å². The molecule has 4 nitrogen and oxygen atoms in total. The van der Waals surface area contributed by atoms with E-state index in [1.54, 1.807) is 7.11 Å². The third kappa shape index (κ3) is 4.16. The first kappa shape index (κ1) is 13.7. The molecule has 1 aliphatic rings. The molecule has 2 rings (SSSR count). The second-order valence-electron chi connectivity index (χ2n) is 4.92. The van der Waals surface area contributed by atoms with E-state index in [1.807, 2.05) is 6.07 Å². The molecule has 0 spiro atoms. The van der Waals surface area contributed by atoms with Crippen molar-refractivity contribution in [1.29, 1.82) is 0 Å². The fourth-order valence-corrected chi connectivity index (χ4v) is 1.95. The van der Waals surface area contributed by atoms with Gasteiger partial charge in [0.15, 0.2) is 5.96 Å². The Kier molecular flexibility index (Phi) is 4.66. The van der Waals surface area contributed by atoms with Gasteiger partial charge in [-0.25, -0.2) is 4.99 Å². The smallest absolute Gasteiger partial charge is 0.191 e. The molecule has 0 aromatic heterocycles. The molecule has 0 saturated heterocycles. The lowest BCUT2D eigenvalue weighted by Crippen LogP contribution is -2.38. The Labute approximate surface area is 115 Å². The van der Waals surface area contributed by atoms with Gasteiger partial charge in [0.05, 0.1) is 13.7 Å². The summed E-state index contributed by atoms with van der Waals surface area (Å²) in [6, 6.07) is 6.82. The van der Waals surface area contributed by atoms with Crippen LogP contribution in [0.4, 0.5) is 0 Å². The van der Waals surface area contributed by atoms with Crippen molar-refractivity contribution in [3.63, 3.8) is 0 Å². The van der Waals surface area contributed by atoms with Crippen LogP contribution in [0.15, 0.2) is 23.2 Å². The second-order valence-corrected chi connectivity index (χ2v) is 4.92. The molecule has 0 radical (unpaired) electrons. The lowest BCUT2D eigenvalue weighted by Gasteiger charge is -2.10.